The first-order valence-electron chi connectivity index (χ1n) is 4.96. The number of aryl methyl sites for hydroxylation is 1. The van der Waals surface area contributed by atoms with E-state index in [-0.39, 0.29) is 0 Å². The van der Waals surface area contributed by atoms with E-state index in [0.29, 0.717) is 18.1 Å². The van der Waals surface area contributed by atoms with Gasteiger partial charge in [-0.3, -0.25) is 4.79 Å². The number of amides is 1. The number of aromatic nitrogens is 2. The summed E-state index contributed by atoms with van der Waals surface area (Å²) in [6.07, 6.45) is 1.38. The predicted molar refractivity (Wildman–Crippen MR) is 58.8 cm³/mol. The molecule has 0 spiro atoms. The van der Waals surface area contributed by atoms with Crippen molar-refractivity contribution < 1.29 is 9.32 Å². The third-order valence-electron chi connectivity index (χ3n) is 2.14. The van der Waals surface area contributed by atoms with Crippen molar-refractivity contribution in [3.8, 4) is 11.5 Å². The minimum atomic E-state index is 0.495. The normalized spacial score (nSPS) is 10.1. The number of rotatable bonds is 4. The average molecular weight is 217 g/mol. The van der Waals surface area contributed by atoms with Crippen LogP contribution in [0.5, 0.6) is 0 Å². The monoisotopic (exact) mass is 217 g/mol. The van der Waals surface area contributed by atoms with Gasteiger partial charge in [0.25, 0.3) is 5.89 Å². The molecule has 1 heterocycles. The fraction of sp³-hybridized carbons (Fsp3) is 0.182. The van der Waals surface area contributed by atoms with Crippen LogP contribution in [0.4, 0.5) is 5.69 Å². The van der Waals surface area contributed by atoms with Crippen molar-refractivity contribution in [1.82, 2.24) is 10.1 Å². The Labute approximate surface area is 92.5 Å². The van der Waals surface area contributed by atoms with Gasteiger partial charge in [0.1, 0.15) is 0 Å². The predicted octanol–water partition coefficient (Wildman–Crippen LogP) is 1.87. The fourth-order valence-electron chi connectivity index (χ4n) is 1.29. The number of nitrogens with one attached hydrogen (secondary N) is 1. The molecule has 5 nitrogen and oxygen atoms in total. The van der Waals surface area contributed by atoms with Crippen molar-refractivity contribution >= 4 is 12.1 Å². The second-order valence-electron chi connectivity index (χ2n) is 3.21. The lowest BCUT2D eigenvalue weighted by molar-refractivity contribution is -0.105. The zero-order valence-corrected chi connectivity index (χ0v) is 8.80. The first kappa shape index (κ1) is 10.4. The number of nitrogens with zero attached hydrogens (tertiary/aromatic N) is 2. The Morgan fingerprint density at radius 1 is 1.38 bits per heavy atom. The summed E-state index contributed by atoms with van der Waals surface area (Å²) in [5.74, 6) is 1.18. The molecule has 0 aliphatic rings. The van der Waals surface area contributed by atoms with E-state index in [1.54, 1.807) is 12.1 Å². The van der Waals surface area contributed by atoms with Crippen LogP contribution in [0.1, 0.15) is 12.7 Å². The molecule has 1 N–H and O–H groups in total. The van der Waals surface area contributed by atoms with Gasteiger partial charge in [0.05, 0.1) is 0 Å². The molecule has 1 aromatic carbocycles. The summed E-state index contributed by atoms with van der Waals surface area (Å²) < 4.78 is 5.09. The van der Waals surface area contributed by atoms with Crippen LogP contribution in [0.25, 0.3) is 11.5 Å². The summed E-state index contributed by atoms with van der Waals surface area (Å²) in [6.45, 7) is 1.96. The lowest BCUT2D eigenvalue weighted by Gasteiger charge is -1.98. The quantitative estimate of drug-likeness (QED) is 0.794. The van der Waals surface area contributed by atoms with Gasteiger partial charge in [0, 0.05) is 17.7 Å². The molecule has 1 aromatic heterocycles. The maximum atomic E-state index is 10.2. The third kappa shape index (κ3) is 2.08. The van der Waals surface area contributed by atoms with E-state index in [2.05, 4.69) is 15.5 Å². The van der Waals surface area contributed by atoms with Gasteiger partial charge >= 0.3 is 0 Å². The molecule has 16 heavy (non-hydrogen) atoms. The first-order valence-corrected chi connectivity index (χ1v) is 4.96. The highest BCUT2D eigenvalue weighted by Gasteiger charge is 2.06. The zero-order valence-electron chi connectivity index (χ0n) is 8.80. The number of hydrogen-bond acceptors (Lipinski definition) is 4. The molecule has 0 unspecified atom stereocenters. The molecule has 0 saturated heterocycles. The first-order chi connectivity index (χ1) is 7.83. The Kier molecular flexibility index (Phi) is 2.95. The summed E-state index contributed by atoms with van der Waals surface area (Å²) in [4.78, 5) is 14.4. The van der Waals surface area contributed by atoms with Crippen LogP contribution in [0, 0.1) is 0 Å². The van der Waals surface area contributed by atoms with Gasteiger partial charge in [-0.05, 0) is 24.3 Å². The lowest BCUT2D eigenvalue weighted by atomic mass is 10.2. The van der Waals surface area contributed by atoms with Gasteiger partial charge in [-0.2, -0.15) is 4.98 Å². The van der Waals surface area contributed by atoms with Crippen LogP contribution in [-0.2, 0) is 11.2 Å². The minimum Gasteiger partial charge on any atom is -0.334 e. The fourth-order valence-corrected chi connectivity index (χ4v) is 1.29. The summed E-state index contributed by atoms with van der Waals surface area (Å²) in [7, 11) is 0. The molecule has 0 aliphatic carbocycles. The van der Waals surface area contributed by atoms with Crippen LogP contribution >= 0.6 is 0 Å². The van der Waals surface area contributed by atoms with Crippen LogP contribution in [-0.4, -0.2) is 16.6 Å². The SMILES string of the molecule is CCc1noc(-c2ccc(NC=O)cc2)n1. The minimum absolute atomic E-state index is 0.495. The van der Waals surface area contributed by atoms with Gasteiger partial charge in [-0.15, -0.1) is 0 Å². The molecule has 82 valence electrons. The molecule has 0 saturated carbocycles. The average Bonchev–Trinajstić information content (AvgIpc) is 2.79. The number of anilines is 1. The van der Waals surface area contributed by atoms with Crippen LogP contribution in [0.3, 0.4) is 0 Å². The van der Waals surface area contributed by atoms with Crippen molar-refractivity contribution in [3.05, 3.63) is 30.1 Å². The Hall–Kier alpha value is -2.17. The maximum absolute atomic E-state index is 10.2. The Morgan fingerprint density at radius 2 is 2.12 bits per heavy atom. The molecule has 0 atom stereocenters. The highest BCUT2D eigenvalue weighted by molar-refractivity contribution is 5.72. The molecule has 2 aromatic rings. The van der Waals surface area contributed by atoms with Crippen molar-refractivity contribution in [3.63, 3.8) is 0 Å². The van der Waals surface area contributed by atoms with Gasteiger partial charge in [0.2, 0.25) is 6.41 Å². The molecule has 0 aliphatic heterocycles. The van der Waals surface area contributed by atoms with Crippen molar-refractivity contribution in [2.75, 3.05) is 5.32 Å². The molecule has 0 bridgehead atoms. The molecular weight excluding hydrogens is 206 g/mol. The second kappa shape index (κ2) is 4.57. The second-order valence-corrected chi connectivity index (χ2v) is 3.21. The van der Waals surface area contributed by atoms with Gasteiger partial charge in [0.15, 0.2) is 5.82 Å². The number of benzene rings is 1. The zero-order chi connectivity index (χ0) is 11.4. The number of carbonyl (C=O) groups excluding carboxylic acids is 1. The van der Waals surface area contributed by atoms with E-state index in [4.69, 9.17) is 4.52 Å². The van der Waals surface area contributed by atoms with Gasteiger partial charge < -0.3 is 9.84 Å². The molecule has 5 heteroatoms. The van der Waals surface area contributed by atoms with Crippen LogP contribution in [0.2, 0.25) is 0 Å². The Balaban J connectivity index is 2.23. The van der Waals surface area contributed by atoms with Gasteiger partial charge in [-0.25, -0.2) is 0 Å². The summed E-state index contributed by atoms with van der Waals surface area (Å²) in [5.41, 5.74) is 1.57. The van der Waals surface area contributed by atoms with E-state index >= 15 is 0 Å². The largest absolute Gasteiger partial charge is 0.334 e. The summed E-state index contributed by atoms with van der Waals surface area (Å²) in [6, 6.07) is 7.19. The van der Waals surface area contributed by atoms with Crippen molar-refractivity contribution in [1.29, 1.82) is 0 Å². The van der Waals surface area contributed by atoms with Crippen molar-refractivity contribution in [2.24, 2.45) is 0 Å². The number of hydrogen-bond donors (Lipinski definition) is 1. The van der Waals surface area contributed by atoms with E-state index in [0.717, 1.165) is 17.7 Å². The lowest BCUT2D eigenvalue weighted by Crippen LogP contribution is -1.92. The van der Waals surface area contributed by atoms with E-state index in [1.165, 1.54) is 0 Å². The molecule has 2 rings (SSSR count). The summed E-state index contributed by atoms with van der Waals surface area (Å²) in [5, 5.41) is 6.37. The van der Waals surface area contributed by atoms with E-state index in [1.807, 2.05) is 19.1 Å². The Bertz CT molecular complexity index is 476. The standard InChI is InChI=1S/C11H11N3O2/c1-2-10-13-11(16-14-10)8-3-5-9(6-4-8)12-7-15/h3-7H,2H2,1H3,(H,12,15). The number of carbonyl (C=O) groups is 1. The van der Waals surface area contributed by atoms with Crippen molar-refractivity contribution in [2.45, 2.75) is 13.3 Å². The van der Waals surface area contributed by atoms with E-state index < -0.39 is 0 Å². The van der Waals surface area contributed by atoms with Crippen LogP contribution in [0.15, 0.2) is 28.8 Å². The maximum Gasteiger partial charge on any atom is 0.257 e. The topological polar surface area (TPSA) is 68.0 Å². The highest BCUT2D eigenvalue weighted by atomic mass is 16.5. The van der Waals surface area contributed by atoms with Gasteiger partial charge in [-0.1, -0.05) is 12.1 Å². The molecule has 0 radical (unpaired) electrons. The molecule has 1 amide bonds. The Morgan fingerprint density at radius 3 is 2.69 bits per heavy atom. The summed E-state index contributed by atoms with van der Waals surface area (Å²) >= 11 is 0. The van der Waals surface area contributed by atoms with Crippen LogP contribution < -0.4 is 5.32 Å². The molecular formula is C11H11N3O2. The van der Waals surface area contributed by atoms with E-state index in [9.17, 15) is 4.79 Å². The highest BCUT2D eigenvalue weighted by Crippen LogP contribution is 2.19. The molecule has 0 fully saturated rings. The third-order valence-corrected chi connectivity index (χ3v) is 2.14. The smallest absolute Gasteiger partial charge is 0.257 e.